The third-order valence-electron chi connectivity index (χ3n) is 2.52. The van der Waals surface area contributed by atoms with Gasteiger partial charge in [-0.05, 0) is 12.5 Å². The highest BCUT2D eigenvalue weighted by Gasteiger charge is 2.41. The van der Waals surface area contributed by atoms with Crippen molar-refractivity contribution in [1.29, 1.82) is 0 Å². The summed E-state index contributed by atoms with van der Waals surface area (Å²) in [5.41, 5.74) is 0.204. The lowest BCUT2D eigenvalue weighted by Crippen LogP contribution is -2.45. The molecule has 0 radical (unpaired) electrons. The number of amides is 3. The van der Waals surface area contributed by atoms with Gasteiger partial charge in [0.05, 0.1) is 0 Å². The Balaban J connectivity index is 2.18. The van der Waals surface area contributed by atoms with Crippen molar-refractivity contribution in [3.05, 3.63) is 35.9 Å². The van der Waals surface area contributed by atoms with Crippen LogP contribution in [0.5, 0.6) is 0 Å². The van der Waals surface area contributed by atoms with Crippen LogP contribution in [0, 0.1) is 0 Å². The maximum Gasteiger partial charge on any atom is 0.322 e. The van der Waals surface area contributed by atoms with Crippen LogP contribution < -0.4 is 10.6 Å². The van der Waals surface area contributed by atoms with Crippen molar-refractivity contribution in [2.24, 2.45) is 0 Å². The number of rotatable bonds is 2. The fourth-order valence-corrected chi connectivity index (χ4v) is 1.71. The van der Waals surface area contributed by atoms with Crippen molar-refractivity contribution < 1.29 is 9.59 Å². The molecular formula is C11H12N2O2. The second-order valence-corrected chi connectivity index (χ2v) is 3.90. The summed E-state index contributed by atoms with van der Waals surface area (Å²) in [7, 11) is 0. The first-order valence-electron chi connectivity index (χ1n) is 4.78. The first-order chi connectivity index (χ1) is 7.10. The van der Waals surface area contributed by atoms with Crippen molar-refractivity contribution in [2.45, 2.75) is 18.9 Å². The van der Waals surface area contributed by atoms with Crippen molar-refractivity contribution in [3.63, 3.8) is 0 Å². The number of benzene rings is 1. The highest BCUT2D eigenvalue weighted by Crippen LogP contribution is 2.16. The smallest absolute Gasteiger partial charge is 0.322 e. The molecule has 0 aliphatic carbocycles. The Morgan fingerprint density at radius 2 is 1.87 bits per heavy atom. The first kappa shape index (κ1) is 9.71. The van der Waals surface area contributed by atoms with E-state index >= 15 is 0 Å². The van der Waals surface area contributed by atoms with Gasteiger partial charge in [-0.2, -0.15) is 0 Å². The quantitative estimate of drug-likeness (QED) is 0.701. The average Bonchev–Trinajstić information content (AvgIpc) is 2.41. The van der Waals surface area contributed by atoms with Crippen LogP contribution in [0.25, 0.3) is 0 Å². The molecule has 1 aliphatic rings. The molecule has 2 N–H and O–H groups in total. The van der Waals surface area contributed by atoms with Gasteiger partial charge in [-0.15, -0.1) is 0 Å². The van der Waals surface area contributed by atoms with E-state index in [9.17, 15) is 9.59 Å². The number of nitrogens with one attached hydrogen (secondary N) is 2. The number of urea groups is 1. The van der Waals surface area contributed by atoms with Gasteiger partial charge in [0, 0.05) is 6.42 Å². The molecule has 0 saturated carbocycles. The molecule has 1 fully saturated rings. The molecule has 1 aliphatic heterocycles. The number of imide groups is 1. The average molecular weight is 204 g/mol. The van der Waals surface area contributed by atoms with E-state index in [4.69, 9.17) is 0 Å². The highest BCUT2D eigenvalue weighted by molar-refractivity contribution is 6.06. The minimum absolute atomic E-state index is 0.267. The molecule has 3 amide bonds. The lowest BCUT2D eigenvalue weighted by atomic mass is 9.93. The van der Waals surface area contributed by atoms with Gasteiger partial charge in [-0.1, -0.05) is 30.3 Å². The zero-order valence-electron chi connectivity index (χ0n) is 8.41. The summed E-state index contributed by atoms with van der Waals surface area (Å²) < 4.78 is 0. The van der Waals surface area contributed by atoms with Crippen LogP contribution in [0.2, 0.25) is 0 Å². The Hall–Kier alpha value is -1.84. The third kappa shape index (κ3) is 1.83. The Morgan fingerprint density at radius 3 is 2.40 bits per heavy atom. The van der Waals surface area contributed by atoms with E-state index in [2.05, 4.69) is 10.6 Å². The number of carbonyl (C=O) groups is 2. The van der Waals surface area contributed by atoms with Crippen LogP contribution in [0.3, 0.4) is 0 Å². The lowest BCUT2D eigenvalue weighted by molar-refractivity contribution is -0.123. The Bertz CT molecular complexity index is 402. The van der Waals surface area contributed by atoms with Crippen LogP contribution in [-0.2, 0) is 11.2 Å². The Labute approximate surface area is 87.7 Å². The summed E-state index contributed by atoms with van der Waals surface area (Å²) in [4.78, 5) is 22.5. The number of hydrogen-bond donors (Lipinski definition) is 2. The van der Waals surface area contributed by atoms with Crippen molar-refractivity contribution in [1.82, 2.24) is 10.6 Å². The van der Waals surface area contributed by atoms with Crippen molar-refractivity contribution in [3.8, 4) is 0 Å². The molecule has 0 unspecified atom stereocenters. The molecule has 2 rings (SSSR count). The number of hydrogen-bond acceptors (Lipinski definition) is 2. The van der Waals surface area contributed by atoms with E-state index in [-0.39, 0.29) is 5.91 Å². The van der Waals surface area contributed by atoms with Gasteiger partial charge in [0.2, 0.25) is 0 Å². The summed E-state index contributed by atoms with van der Waals surface area (Å²) >= 11 is 0. The molecule has 4 heteroatoms. The molecule has 1 aromatic carbocycles. The summed E-state index contributed by atoms with van der Waals surface area (Å²) in [5.74, 6) is -0.267. The molecule has 15 heavy (non-hydrogen) atoms. The standard InChI is InChI=1S/C11H12N2O2/c1-11(9(14)12-10(15)13-11)7-8-5-3-2-4-6-8/h2-6H,7H2,1H3,(H2,12,13,14,15)/t11-/m1/s1. The lowest BCUT2D eigenvalue weighted by Gasteiger charge is -2.20. The summed E-state index contributed by atoms with van der Waals surface area (Å²) in [6, 6.07) is 9.18. The molecule has 1 aromatic rings. The molecule has 0 aromatic heterocycles. The van der Waals surface area contributed by atoms with E-state index in [1.165, 1.54) is 0 Å². The predicted octanol–water partition coefficient (Wildman–Crippen LogP) is 0.827. The topological polar surface area (TPSA) is 58.2 Å². The Kier molecular flexibility index (Phi) is 2.19. The van der Waals surface area contributed by atoms with Crippen LogP contribution in [0.4, 0.5) is 4.79 Å². The van der Waals surface area contributed by atoms with E-state index in [0.29, 0.717) is 6.42 Å². The number of carbonyl (C=O) groups excluding carboxylic acids is 2. The predicted molar refractivity (Wildman–Crippen MR) is 55.2 cm³/mol. The van der Waals surface area contributed by atoms with E-state index in [1.807, 2.05) is 30.3 Å². The van der Waals surface area contributed by atoms with Gasteiger partial charge in [0.1, 0.15) is 5.54 Å². The van der Waals surface area contributed by atoms with E-state index < -0.39 is 11.6 Å². The van der Waals surface area contributed by atoms with Crippen LogP contribution in [-0.4, -0.2) is 17.5 Å². The van der Waals surface area contributed by atoms with Gasteiger partial charge in [-0.3, -0.25) is 10.1 Å². The van der Waals surface area contributed by atoms with Crippen molar-refractivity contribution >= 4 is 11.9 Å². The molecule has 0 spiro atoms. The maximum atomic E-state index is 11.5. The zero-order valence-corrected chi connectivity index (χ0v) is 8.41. The largest absolute Gasteiger partial charge is 0.323 e. The van der Waals surface area contributed by atoms with E-state index in [1.54, 1.807) is 6.92 Å². The van der Waals surface area contributed by atoms with E-state index in [0.717, 1.165) is 5.56 Å². The molecule has 1 atom stereocenters. The minimum atomic E-state index is -0.821. The summed E-state index contributed by atoms with van der Waals surface area (Å²) in [5, 5.41) is 4.87. The monoisotopic (exact) mass is 204 g/mol. The normalized spacial score (nSPS) is 24.9. The van der Waals surface area contributed by atoms with Gasteiger partial charge in [-0.25, -0.2) is 4.79 Å². The summed E-state index contributed by atoms with van der Waals surface area (Å²) in [6.45, 7) is 1.72. The second-order valence-electron chi connectivity index (χ2n) is 3.90. The maximum absolute atomic E-state index is 11.5. The molecule has 78 valence electrons. The van der Waals surface area contributed by atoms with Crippen LogP contribution in [0.15, 0.2) is 30.3 Å². The Morgan fingerprint density at radius 1 is 1.20 bits per heavy atom. The van der Waals surface area contributed by atoms with Crippen LogP contribution in [0.1, 0.15) is 12.5 Å². The van der Waals surface area contributed by atoms with Crippen LogP contribution >= 0.6 is 0 Å². The first-order valence-corrected chi connectivity index (χ1v) is 4.78. The molecule has 1 heterocycles. The highest BCUT2D eigenvalue weighted by atomic mass is 16.2. The zero-order chi connectivity index (χ0) is 10.9. The third-order valence-corrected chi connectivity index (χ3v) is 2.52. The second kappa shape index (κ2) is 3.38. The van der Waals surface area contributed by atoms with Gasteiger partial charge >= 0.3 is 6.03 Å². The SMILES string of the molecule is C[C@]1(Cc2ccccc2)NC(=O)NC1=O. The van der Waals surface area contributed by atoms with Gasteiger partial charge < -0.3 is 5.32 Å². The minimum Gasteiger partial charge on any atom is -0.323 e. The van der Waals surface area contributed by atoms with Gasteiger partial charge in [0.15, 0.2) is 0 Å². The molecular weight excluding hydrogens is 192 g/mol. The fourth-order valence-electron chi connectivity index (χ4n) is 1.71. The molecule has 4 nitrogen and oxygen atoms in total. The van der Waals surface area contributed by atoms with Gasteiger partial charge in [0.25, 0.3) is 5.91 Å². The fraction of sp³-hybridized carbons (Fsp3) is 0.273. The van der Waals surface area contributed by atoms with Crippen molar-refractivity contribution in [2.75, 3.05) is 0 Å². The molecule has 1 saturated heterocycles. The molecule has 0 bridgehead atoms. The summed E-state index contributed by atoms with van der Waals surface area (Å²) in [6.07, 6.45) is 0.505.